The summed E-state index contributed by atoms with van der Waals surface area (Å²) in [7, 11) is 0. The van der Waals surface area contributed by atoms with Gasteiger partial charge >= 0.3 is 0 Å². The van der Waals surface area contributed by atoms with Crippen LogP contribution in [0.1, 0.15) is 29.2 Å². The Balaban J connectivity index is 1.72. The lowest BCUT2D eigenvalue weighted by Crippen LogP contribution is -2.37. The van der Waals surface area contributed by atoms with Gasteiger partial charge in [-0.2, -0.15) is 4.98 Å². The normalized spacial score (nSPS) is 18.9. The summed E-state index contributed by atoms with van der Waals surface area (Å²) in [6, 6.07) is 2.19. The summed E-state index contributed by atoms with van der Waals surface area (Å²) < 4.78 is 1.57. The molecule has 0 aromatic carbocycles. The van der Waals surface area contributed by atoms with Crippen LogP contribution in [0.3, 0.4) is 0 Å². The van der Waals surface area contributed by atoms with Gasteiger partial charge in [0.2, 0.25) is 5.82 Å². The Bertz CT molecular complexity index is 601. The lowest BCUT2D eigenvalue weighted by Gasteiger charge is -2.09. The van der Waals surface area contributed by atoms with E-state index >= 15 is 0 Å². The van der Waals surface area contributed by atoms with Crippen LogP contribution in [-0.2, 0) is 0 Å². The molecule has 2 aromatic heterocycles. The standard InChI is InChI=1S/C12H16N6O/c1-8-4-6-14-12-16-10(17-18(8)12)11(19)15-7-9-3-2-5-13-9/h4,6,9,13H,2-3,5,7H2,1H3,(H,15,19). The van der Waals surface area contributed by atoms with E-state index < -0.39 is 0 Å². The molecular weight excluding hydrogens is 244 g/mol. The van der Waals surface area contributed by atoms with Crippen LogP contribution >= 0.6 is 0 Å². The SMILES string of the molecule is Cc1ccnc2nc(C(=O)NCC3CCCN3)nn12. The Hall–Kier alpha value is -2.02. The van der Waals surface area contributed by atoms with Crippen molar-refractivity contribution in [2.75, 3.05) is 13.1 Å². The van der Waals surface area contributed by atoms with E-state index in [-0.39, 0.29) is 11.7 Å². The van der Waals surface area contributed by atoms with Crippen LogP contribution < -0.4 is 10.6 Å². The summed E-state index contributed by atoms with van der Waals surface area (Å²) in [6.45, 7) is 3.53. The highest BCUT2D eigenvalue weighted by Gasteiger charge is 2.18. The second kappa shape index (κ2) is 4.93. The van der Waals surface area contributed by atoms with Crippen molar-refractivity contribution in [1.82, 2.24) is 30.2 Å². The number of nitrogens with zero attached hydrogens (tertiary/aromatic N) is 4. The van der Waals surface area contributed by atoms with Crippen molar-refractivity contribution in [3.05, 3.63) is 23.8 Å². The molecule has 1 unspecified atom stereocenters. The molecule has 3 rings (SSSR count). The number of amides is 1. The van der Waals surface area contributed by atoms with E-state index in [4.69, 9.17) is 0 Å². The van der Waals surface area contributed by atoms with E-state index in [1.54, 1.807) is 10.7 Å². The van der Waals surface area contributed by atoms with Gasteiger partial charge in [-0.1, -0.05) is 0 Å². The minimum atomic E-state index is -0.251. The third-order valence-electron chi connectivity index (χ3n) is 3.30. The molecule has 0 aliphatic carbocycles. The summed E-state index contributed by atoms with van der Waals surface area (Å²) in [5.74, 6) is 0.363. The Morgan fingerprint density at radius 1 is 1.63 bits per heavy atom. The molecule has 3 heterocycles. The summed E-state index contributed by atoms with van der Waals surface area (Å²) in [5.41, 5.74) is 0.897. The van der Waals surface area contributed by atoms with Crippen LogP contribution in [0.15, 0.2) is 12.3 Å². The second-order valence-electron chi connectivity index (χ2n) is 4.74. The summed E-state index contributed by atoms with van der Waals surface area (Å²) in [6.07, 6.45) is 3.92. The maximum absolute atomic E-state index is 12.0. The highest BCUT2D eigenvalue weighted by molar-refractivity contribution is 5.90. The molecule has 2 aromatic rings. The molecular formula is C12H16N6O. The maximum atomic E-state index is 12.0. The first-order valence-electron chi connectivity index (χ1n) is 6.44. The summed E-state index contributed by atoms with van der Waals surface area (Å²) >= 11 is 0. The fourth-order valence-electron chi connectivity index (χ4n) is 2.23. The number of carbonyl (C=O) groups excluding carboxylic acids is 1. The second-order valence-corrected chi connectivity index (χ2v) is 4.74. The van der Waals surface area contributed by atoms with Gasteiger partial charge in [-0.25, -0.2) is 9.50 Å². The van der Waals surface area contributed by atoms with Crippen molar-refractivity contribution in [2.45, 2.75) is 25.8 Å². The predicted molar refractivity (Wildman–Crippen MR) is 68.9 cm³/mol. The highest BCUT2D eigenvalue weighted by Crippen LogP contribution is 2.04. The van der Waals surface area contributed by atoms with Crippen molar-refractivity contribution in [1.29, 1.82) is 0 Å². The van der Waals surface area contributed by atoms with Gasteiger partial charge in [0.05, 0.1) is 0 Å². The molecule has 0 spiro atoms. The van der Waals surface area contributed by atoms with Crippen molar-refractivity contribution < 1.29 is 4.79 Å². The largest absolute Gasteiger partial charge is 0.348 e. The zero-order valence-electron chi connectivity index (χ0n) is 10.8. The van der Waals surface area contributed by atoms with E-state index in [9.17, 15) is 4.79 Å². The molecule has 0 radical (unpaired) electrons. The Labute approximate surface area is 110 Å². The third kappa shape index (κ3) is 2.41. The first-order chi connectivity index (χ1) is 9.24. The van der Waals surface area contributed by atoms with E-state index in [0.717, 1.165) is 25.1 Å². The van der Waals surface area contributed by atoms with Crippen LogP contribution in [0, 0.1) is 6.92 Å². The van der Waals surface area contributed by atoms with Gasteiger partial charge < -0.3 is 10.6 Å². The van der Waals surface area contributed by atoms with E-state index in [0.29, 0.717) is 18.4 Å². The monoisotopic (exact) mass is 260 g/mol. The number of hydrogen-bond donors (Lipinski definition) is 2. The van der Waals surface area contributed by atoms with Crippen molar-refractivity contribution in [2.24, 2.45) is 0 Å². The zero-order chi connectivity index (χ0) is 13.2. The van der Waals surface area contributed by atoms with E-state index in [1.807, 2.05) is 13.0 Å². The van der Waals surface area contributed by atoms with Gasteiger partial charge in [0.1, 0.15) is 0 Å². The minimum absolute atomic E-state index is 0.166. The number of nitrogens with one attached hydrogen (secondary N) is 2. The fraction of sp³-hybridized carbons (Fsp3) is 0.500. The van der Waals surface area contributed by atoms with Crippen molar-refractivity contribution >= 4 is 11.7 Å². The van der Waals surface area contributed by atoms with Gasteiger partial charge in [-0.3, -0.25) is 4.79 Å². The Morgan fingerprint density at radius 2 is 2.53 bits per heavy atom. The molecule has 0 saturated carbocycles. The average molecular weight is 260 g/mol. The van der Waals surface area contributed by atoms with Gasteiger partial charge in [0, 0.05) is 24.5 Å². The van der Waals surface area contributed by atoms with Crippen molar-refractivity contribution in [3.8, 4) is 0 Å². The third-order valence-corrected chi connectivity index (χ3v) is 3.30. The van der Waals surface area contributed by atoms with Crippen molar-refractivity contribution in [3.63, 3.8) is 0 Å². The van der Waals surface area contributed by atoms with Crippen LogP contribution in [-0.4, -0.2) is 44.6 Å². The molecule has 1 atom stereocenters. The quantitative estimate of drug-likeness (QED) is 0.806. The topological polar surface area (TPSA) is 84.2 Å². The lowest BCUT2D eigenvalue weighted by molar-refractivity contribution is 0.0940. The smallest absolute Gasteiger partial charge is 0.291 e. The molecule has 7 heteroatoms. The number of aryl methyl sites for hydroxylation is 1. The Morgan fingerprint density at radius 3 is 3.26 bits per heavy atom. The molecule has 7 nitrogen and oxygen atoms in total. The van der Waals surface area contributed by atoms with Crippen LogP contribution in [0.5, 0.6) is 0 Å². The number of hydrogen-bond acceptors (Lipinski definition) is 5. The molecule has 100 valence electrons. The van der Waals surface area contributed by atoms with Gasteiger partial charge in [0.15, 0.2) is 0 Å². The number of carbonyl (C=O) groups is 1. The van der Waals surface area contributed by atoms with Crippen LogP contribution in [0.4, 0.5) is 0 Å². The lowest BCUT2D eigenvalue weighted by atomic mass is 10.2. The number of fused-ring (bicyclic) bond motifs is 1. The van der Waals surface area contributed by atoms with Gasteiger partial charge in [0.25, 0.3) is 11.7 Å². The van der Waals surface area contributed by atoms with Crippen LogP contribution in [0.2, 0.25) is 0 Å². The average Bonchev–Trinajstić information content (AvgIpc) is 3.05. The number of aromatic nitrogens is 4. The number of rotatable bonds is 3. The highest BCUT2D eigenvalue weighted by atomic mass is 16.2. The molecule has 1 fully saturated rings. The molecule has 1 saturated heterocycles. The van der Waals surface area contributed by atoms with Gasteiger partial charge in [-0.05, 0) is 32.4 Å². The molecule has 0 bridgehead atoms. The molecule has 1 aliphatic rings. The first-order valence-corrected chi connectivity index (χ1v) is 6.44. The molecule has 2 N–H and O–H groups in total. The maximum Gasteiger partial charge on any atom is 0.291 e. The van der Waals surface area contributed by atoms with E-state index in [2.05, 4.69) is 25.7 Å². The predicted octanol–water partition coefficient (Wildman–Crippen LogP) is -0.0855. The van der Waals surface area contributed by atoms with Gasteiger partial charge in [-0.15, -0.1) is 5.10 Å². The van der Waals surface area contributed by atoms with E-state index in [1.165, 1.54) is 0 Å². The molecule has 1 amide bonds. The first kappa shape index (κ1) is 12.0. The Kier molecular flexibility index (Phi) is 3.12. The zero-order valence-corrected chi connectivity index (χ0v) is 10.8. The minimum Gasteiger partial charge on any atom is -0.348 e. The molecule has 19 heavy (non-hydrogen) atoms. The van der Waals surface area contributed by atoms with Crippen LogP contribution in [0.25, 0.3) is 5.78 Å². The molecule has 1 aliphatic heterocycles. The summed E-state index contributed by atoms with van der Waals surface area (Å²) in [5, 5.41) is 10.3. The fourth-order valence-corrected chi connectivity index (χ4v) is 2.23. The summed E-state index contributed by atoms with van der Waals surface area (Å²) in [4.78, 5) is 20.2.